The molecule has 1 aromatic rings. The Labute approximate surface area is 178 Å². The second-order valence-electron chi connectivity index (χ2n) is 8.63. The van der Waals surface area contributed by atoms with Crippen LogP contribution in [0.15, 0.2) is 29.2 Å². The maximum atomic E-state index is 12.6. The van der Waals surface area contributed by atoms with Crippen molar-refractivity contribution in [1.29, 1.82) is 0 Å². The van der Waals surface area contributed by atoms with Gasteiger partial charge in [0.2, 0.25) is 0 Å². The van der Waals surface area contributed by atoms with Crippen molar-refractivity contribution < 1.29 is 27.5 Å². The Bertz CT molecular complexity index is 854. The number of ether oxygens (including phenoxy) is 1. The Morgan fingerprint density at radius 3 is 2.07 bits per heavy atom. The number of ketones is 1. The van der Waals surface area contributed by atoms with E-state index >= 15 is 0 Å². The van der Waals surface area contributed by atoms with Gasteiger partial charge >= 0.3 is 12.0 Å². The van der Waals surface area contributed by atoms with Crippen LogP contribution in [0, 0.1) is 5.92 Å². The van der Waals surface area contributed by atoms with E-state index in [4.69, 9.17) is 4.74 Å². The van der Waals surface area contributed by atoms with E-state index in [9.17, 15) is 22.8 Å². The number of benzene rings is 1. The fourth-order valence-corrected chi connectivity index (χ4v) is 3.28. The Hall–Kier alpha value is -2.42. The standard InChI is InChI=1S/C21H32N2O6S/c1-14(2)13-17(18(24)11-12-19(25)29-21(3,4)5)23-20(26)22-15-7-9-16(10-8-15)30(6,27)28/h7-10,14,17H,11-13H2,1-6H3,(H2,22,23,26)/t17-/m0/s1. The van der Waals surface area contributed by atoms with Gasteiger partial charge < -0.3 is 15.4 Å². The van der Waals surface area contributed by atoms with E-state index in [1.54, 1.807) is 20.8 Å². The quantitative estimate of drug-likeness (QED) is 0.569. The van der Waals surface area contributed by atoms with Gasteiger partial charge in [-0.2, -0.15) is 0 Å². The average Bonchev–Trinajstić information content (AvgIpc) is 2.56. The van der Waals surface area contributed by atoms with Crippen molar-refractivity contribution >= 4 is 33.3 Å². The van der Waals surface area contributed by atoms with Gasteiger partial charge in [-0.1, -0.05) is 13.8 Å². The summed E-state index contributed by atoms with van der Waals surface area (Å²) in [6.07, 6.45) is 1.44. The lowest BCUT2D eigenvalue weighted by Crippen LogP contribution is -2.44. The van der Waals surface area contributed by atoms with Crippen molar-refractivity contribution in [2.75, 3.05) is 11.6 Å². The molecule has 9 heteroatoms. The third-order valence-electron chi connectivity index (χ3n) is 3.94. The van der Waals surface area contributed by atoms with E-state index in [-0.39, 0.29) is 29.4 Å². The van der Waals surface area contributed by atoms with Crippen LogP contribution in [0.1, 0.15) is 53.9 Å². The maximum Gasteiger partial charge on any atom is 0.319 e. The number of sulfone groups is 1. The minimum absolute atomic E-state index is 0.0321. The van der Waals surface area contributed by atoms with Crippen LogP contribution in [0.5, 0.6) is 0 Å². The topological polar surface area (TPSA) is 119 Å². The van der Waals surface area contributed by atoms with Gasteiger partial charge in [0.25, 0.3) is 0 Å². The third kappa shape index (κ3) is 9.87. The number of nitrogens with one attached hydrogen (secondary N) is 2. The highest BCUT2D eigenvalue weighted by Crippen LogP contribution is 2.15. The van der Waals surface area contributed by atoms with Gasteiger partial charge in [-0.25, -0.2) is 13.2 Å². The Kier molecular flexibility index (Phi) is 9.02. The predicted octanol–water partition coefficient (Wildman–Crippen LogP) is 3.32. The molecule has 1 rings (SSSR count). The van der Waals surface area contributed by atoms with Crippen LogP contribution in [0.25, 0.3) is 0 Å². The summed E-state index contributed by atoms with van der Waals surface area (Å²) in [5.74, 6) is -0.568. The first-order chi connectivity index (χ1) is 13.7. The van der Waals surface area contributed by atoms with Crippen LogP contribution >= 0.6 is 0 Å². The lowest BCUT2D eigenvalue weighted by atomic mass is 9.98. The molecular weight excluding hydrogens is 408 g/mol. The summed E-state index contributed by atoms with van der Waals surface area (Å²) in [6, 6.07) is 4.39. The minimum atomic E-state index is -3.33. The smallest absolute Gasteiger partial charge is 0.319 e. The highest BCUT2D eigenvalue weighted by atomic mass is 32.2. The first-order valence-electron chi connectivity index (χ1n) is 9.79. The van der Waals surface area contributed by atoms with Gasteiger partial charge in [0.1, 0.15) is 5.60 Å². The normalized spacial score (nSPS) is 12.9. The van der Waals surface area contributed by atoms with E-state index < -0.39 is 33.5 Å². The molecule has 0 saturated heterocycles. The SMILES string of the molecule is CC(C)C[C@H](NC(=O)Nc1ccc(S(C)(=O)=O)cc1)C(=O)CCC(=O)OC(C)(C)C. The molecule has 0 radical (unpaired) electrons. The minimum Gasteiger partial charge on any atom is -0.460 e. The average molecular weight is 441 g/mol. The fourth-order valence-electron chi connectivity index (χ4n) is 2.65. The van der Waals surface area contributed by atoms with E-state index in [1.807, 2.05) is 13.8 Å². The molecule has 30 heavy (non-hydrogen) atoms. The Morgan fingerprint density at radius 2 is 1.60 bits per heavy atom. The Balaban J connectivity index is 2.71. The van der Waals surface area contributed by atoms with Crippen LogP contribution in [-0.2, 0) is 24.2 Å². The number of hydrogen-bond acceptors (Lipinski definition) is 6. The highest BCUT2D eigenvalue weighted by molar-refractivity contribution is 7.90. The van der Waals surface area contributed by atoms with Crippen molar-refractivity contribution in [2.45, 2.75) is 70.4 Å². The second-order valence-corrected chi connectivity index (χ2v) is 10.6. The van der Waals surface area contributed by atoms with Crippen LogP contribution in [-0.4, -0.2) is 44.1 Å². The summed E-state index contributed by atoms with van der Waals surface area (Å²) in [7, 11) is -3.33. The fraction of sp³-hybridized carbons (Fsp3) is 0.571. The molecule has 0 unspecified atom stereocenters. The molecule has 0 spiro atoms. The van der Waals surface area contributed by atoms with Crippen LogP contribution in [0.4, 0.5) is 10.5 Å². The van der Waals surface area contributed by atoms with Crippen LogP contribution in [0.3, 0.4) is 0 Å². The molecule has 2 N–H and O–H groups in total. The monoisotopic (exact) mass is 440 g/mol. The summed E-state index contributed by atoms with van der Waals surface area (Å²) in [5.41, 5.74) is -0.230. The largest absolute Gasteiger partial charge is 0.460 e. The lowest BCUT2D eigenvalue weighted by Gasteiger charge is -2.21. The van der Waals surface area contributed by atoms with Crippen molar-refractivity contribution in [1.82, 2.24) is 5.32 Å². The number of rotatable bonds is 9. The van der Waals surface area contributed by atoms with Gasteiger partial charge in [0.15, 0.2) is 15.6 Å². The molecule has 0 heterocycles. The molecule has 1 atom stereocenters. The Morgan fingerprint density at radius 1 is 1.03 bits per heavy atom. The molecule has 2 amide bonds. The lowest BCUT2D eigenvalue weighted by molar-refractivity contribution is -0.155. The summed E-state index contributed by atoms with van der Waals surface area (Å²) < 4.78 is 28.2. The summed E-state index contributed by atoms with van der Waals surface area (Å²) in [4.78, 5) is 36.9. The number of carbonyl (C=O) groups is 3. The van der Waals surface area contributed by atoms with E-state index in [2.05, 4.69) is 10.6 Å². The molecule has 0 aliphatic carbocycles. The number of carbonyl (C=O) groups excluding carboxylic acids is 3. The molecular formula is C21H32N2O6S. The van der Waals surface area contributed by atoms with Crippen LogP contribution < -0.4 is 10.6 Å². The number of hydrogen-bond donors (Lipinski definition) is 2. The second kappa shape index (κ2) is 10.6. The van der Waals surface area contributed by atoms with Crippen molar-refractivity contribution in [3.05, 3.63) is 24.3 Å². The molecule has 0 bridgehead atoms. The summed E-state index contributed by atoms with van der Waals surface area (Å²) in [6.45, 7) is 9.11. The van der Waals surface area contributed by atoms with Crippen molar-refractivity contribution in [3.8, 4) is 0 Å². The molecule has 0 aliphatic rings. The molecule has 0 saturated carbocycles. The van der Waals surface area contributed by atoms with Gasteiger partial charge in [-0.3, -0.25) is 9.59 Å². The first kappa shape index (κ1) is 25.6. The zero-order valence-electron chi connectivity index (χ0n) is 18.4. The third-order valence-corrected chi connectivity index (χ3v) is 5.07. The molecule has 0 fully saturated rings. The number of urea groups is 1. The first-order valence-corrected chi connectivity index (χ1v) is 11.7. The van der Waals surface area contributed by atoms with Gasteiger partial charge in [-0.05, 0) is 57.4 Å². The predicted molar refractivity (Wildman–Crippen MR) is 115 cm³/mol. The molecule has 8 nitrogen and oxygen atoms in total. The van der Waals surface area contributed by atoms with E-state index in [0.29, 0.717) is 12.1 Å². The summed E-state index contributed by atoms with van der Waals surface area (Å²) >= 11 is 0. The number of anilines is 1. The van der Waals surface area contributed by atoms with Gasteiger partial charge in [-0.15, -0.1) is 0 Å². The molecule has 168 valence electrons. The number of amides is 2. The van der Waals surface area contributed by atoms with E-state index in [1.165, 1.54) is 24.3 Å². The van der Waals surface area contributed by atoms with Crippen molar-refractivity contribution in [2.24, 2.45) is 5.92 Å². The number of Topliss-reactive ketones (excluding diaryl/α,β-unsaturated/α-hetero) is 1. The molecule has 1 aromatic carbocycles. The molecule has 0 aliphatic heterocycles. The zero-order valence-corrected chi connectivity index (χ0v) is 19.3. The van der Waals surface area contributed by atoms with Crippen molar-refractivity contribution in [3.63, 3.8) is 0 Å². The van der Waals surface area contributed by atoms with Gasteiger partial charge in [0, 0.05) is 18.4 Å². The van der Waals surface area contributed by atoms with Gasteiger partial charge in [0.05, 0.1) is 17.4 Å². The number of esters is 1. The zero-order chi connectivity index (χ0) is 23.1. The van der Waals surface area contributed by atoms with E-state index in [0.717, 1.165) is 6.26 Å². The summed E-state index contributed by atoms with van der Waals surface area (Å²) in [5, 5.41) is 5.23. The maximum absolute atomic E-state index is 12.6. The molecule has 0 aromatic heterocycles. The van der Waals surface area contributed by atoms with Crippen LogP contribution in [0.2, 0.25) is 0 Å². The highest BCUT2D eigenvalue weighted by Gasteiger charge is 2.24.